The minimum absolute atomic E-state index is 0.142. The van der Waals surface area contributed by atoms with Gasteiger partial charge >= 0.3 is 0 Å². The highest BCUT2D eigenvalue weighted by molar-refractivity contribution is 7.89. The van der Waals surface area contributed by atoms with Crippen LogP contribution in [0, 0.1) is 0 Å². The van der Waals surface area contributed by atoms with Gasteiger partial charge in [-0.2, -0.15) is 4.31 Å². The lowest BCUT2D eigenvalue weighted by Gasteiger charge is -2.20. The van der Waals surface area contributed by atoms with E-state index < -0.39 is 10.0 Å². The fraction of sp³-hybridized carbons (Fsp3) is 0.350. The summed E-state index contributed by atoms with van der Waals surface area (Å²) in [7, 11) is -3.62. The molecular formula is C20H27N3O4S. The van der Waals surface area contributed by atoms with Crippen LogP contribution in [0.1, 0.15) is 33.0 Å². The summed E-state index contributed by atoms with van der Waals surface area (Å²) in [6, 6.07) is 8.18. The smallest absolute Gasteiger partial charge is 0.248 e. The van der Waals surface area contributed by atoms with Crippen molar-refractivity contribution in [2.24, 2.45) is 0 Å². The highest BCUT2D eigenvalue weighted by Gasteiger charge is 2.22. The Balaban J connectivity index is 2.31. The fourth-order valence-corrected chi connectivity index (χ4v) is 4.12. The topological polar surface area (TPSA) is 91.7 Å². The fourth-order valence-electron chi connectivity index (χ4n) is 2.63. The standard InChI is InChI=1S/C20H27N3O4S/c1-4-13-21-18-11-10-17(28(25,26)23(5-2)6-3)15-19(18)22-20(24)12-9-16-8-7-14-27-16/h7-12,14-15,21H,4-6,13H2,1-3H3,(H,22,24)/b12-9+. The van der Waals surface area contributed by atoms with Crippen molar-refractivity contribution in [3.05, 3.63) is 48.4 Å². The van der Waals surface area contributed by atoms with Gasteiger partial charge in [-0.3, -0.25) is 4.79 Å². The van der Waals surface area contributed by atoms with Crippen LogP contribution in [0.5, 0.6) is 0 Å². The Morgan fingerprint density at radius 2 is 1.89 bits per heavy atom. The van der Waals surface area contributed by atoms with Gasteiger partial charge in [-0.1, -0.05) is 20.8 Å². The molecular weight excluding hydrogens is 378 g/mol. The summed E-state index contributed by atoms with van der Waals surface area (Å²) in [6.07, 6.45) is 5.30. The third kappa shape index (κ3) is 5.46. The van der Waals surface area contributed by atoms with E-state index in [2.05, 4.69) is 10.6 Å². The first-order valence-electron chi connectivity index (χ1n) is 9.33. The van der Waals surface area contributed by atoms with Crippen molar-refractivity contribution in [1.29, 1.82) is 0 Å². The third-order valence-electron chi connectivity index (χ3n) is 4.10. The molecule has 0 aliphatic heterocycles. The van der Waals surface area contributed by atoms with E-state index in [1.165, 1.54) is 22.7 Å². The van der Waals surface area contributed by atoms with E-state index in [1.807, 2.05) is 6.92 Å². The first-order valence-corrected chi connectivity index (χ1v) is 10.8. The minimum Gasteiger partial charge on any atom is -0.465 e. The van der Waals surface area contributed by atoms with Crippen LogP contribution in [0.2, 0.25) is 0 Å². The molecule has 1 heterocycles. The quantitative estimate of drug-likeness (QED) is 0.587. The van der Waals surface area contributed by atoms with Crippen LogP contribution in [0.3, 0.4) is 0 Å². The molecule has 0 saturated heterocycles. The Labute approximate surface area is 166 Å². The summed E-state index contributed by atoms with van der Waals surface area (Å²) in [4.78, 5) is 12.5. The van der Waals surface area contributed by atoms with Gasteiger partial charge in [-0.05, 0) is 42.8 Å². The molecule has 152 valence electrons. The highest BCUT2D eigenvalue weighted by Crippen LogP contribution is 2.27. The molecule has 0 atom stereocenters. The number of sulfonamides is 1. The first-order chi connectivity index (χ1) is 13.4. The molecule has 1 aromatic heterocycles. The molecule has 2 N–H and O–H groups in total. The Kier molecular flexibility index (Phi) is 7.83. The Hall–Kier alpha value is -2.58. The zero-order valence-electron chi connectivity index (χ0n) is 16.4. The molecule has 2 aromatic rings. The van der Waals surface area contributed by atoms with Crippen LogP contribution >= 0.6 is 0 Å². The molecule has 2 rings (SSSR count). The number of rotatable bonds is 10. The predicted octanol–water partition coefficient (Wildman–Crippen LogP) is 3.78. The number of carbonyl (C=O) groups is 1. The monoisotopic (exact) mass is 405 g/mol. The number of amides is 1. The van der Waals surface area contributed by atoms with Crippen LogP contribution in [-0.2, 0) is 14.8 Å². The van der Waals surface area contributed by atoms with Crippen LogP contribution in [-0.4, -0.2) is 38.3 Å². The lowest BCUT2D eigenvalue weighted by atomic mass is 10.2. The van der Waals surface area contributed by atoms with Crippen molar-refractivity contribution < 1.29 is 17.6 Å². The molecule has 7 nitrogen and oxygen atoms in total. The van der Waals surface area contributed by atoms with E-state index in [1.54, 1.807) is 44.2 Å². The van der Waals surface area contributed by atoms with Gasteiger partial charge in [0.2, 0.25) is 15.9 Å². The van der Waals surface area contributed by atoms with Crippen LogP contribution in [0.25, 0.3) is 6.08 Å². The van der Waals surface area contributed by atoms with Gasteiger partial charge < -0.3 is 15.1 Å². The van der Waals surface area contributed by atoms with Crippen LogP contribution in [0.15, 0.2) is 52.0 Å². The Morgan fingerprint density at radius 3 is 2.50 bits per heavy atom. The van der Waals surface area contributed by atoms with Crippen molar-refractivity contribution >= 4 is 33.4 Å². The van der Waals surface area contributed by atoms with Gasteiger partial charge in [-0.15, -0.1) is 0 Å². The average Bonchev–Trinajstić information content (AvgIpc) is 3.19. The molecule has 0 aliphatic carbocycles. The summed E-state index contributed by atoms with van der Waals surface area (Å²) in [5.41, 5.74) is 1.08. The van der Waals surface area contributed by atoms with E-state index in [4.69, 9.17) is 4.42 Å². The maximum atomic E-state index is 12.8. The van der Waals surface area contributed by atoms with E-state index in [0.717, 1.165) is 6.42 Å². The maximum Gasteiger partial charge on any atom is 0.248 e. The molecule has 0 saturated carbocycles. The number of benzene rings is 1. The van der Waals surface area contributed by atoms with E-state index in [-0.39, 0.29) is 10.8 Å². The van der Waals surface area contributed by atoms with Crippen LogP contribution in [0.4, 0.5) is 11.4 Å². The number of nitrogens with zero attached hydrogens (tertiary/aromatic N) is 1. The summed E-state index contributed by atoms with van der Waals surface area (Å²) in [5, 5.41) is 5.96. The predicted molar refractivity (Wildman–Crippen MR) is 112 cm³/mol. The van der Waals surface area contributed by atoms with Gasteiger partial charge in [0.15, 0.2) is 0 Å². The van der Waals surface area contributed by atoms with Gasteiger partial charge in [-0.25, -0.2) is 8.42 Å². The first kappa shape index (κ1) is 21.7. The number of furan rings is 1. The lowest BCUT2D eigenvalue weighted by molar-refractivity contribution is -0.111. The van der Waals surface area contributed by atoms with E-state index in [0.29, 0.717) is 36.8 Å². The number of carbonyl (C=O) groups excluding carboxylic acids is 1. The molecule has 0 spiro atoms. The molecule has 0 fully saturated rings. The molecule has 0 unspecified atom stereocenters. The van der Waals surface area contributed by atoms with Gasteiger partial charge in [0.1, 0.15) is 5.76 Å². The number of hydrogen-bond acceptors (Lipinski definition) is 5. The number of nitrogens with one attached hydrogen (secondary N) is 2. The SMILES string of the molecule is CCCNc1ccc(S(=O)(=O)N(CC)CC)cc1NC(=O)/C=C/c1ccco1. The van der Waals surface area contributed by atoms with Gasteiger partial charge in [0.25, 0.3) is 0 Å². The number of anilines is 2. The van der Waals surface area contributed by atoms with E-state index in [9.17, 15) is 13.2 Å². The molecule has 0 bridgehead atoms. The summed E-state index contributed by atoms with van der Waals surface area (Å²) in [5.74, 6) is 0.172. The zero-order valence-corrected chi connectivity index (χ0v) is 17.3. The molecule has 28 heavy (non-hydrogen) atoms. The molecule has 0 radical (unpaired) electrons. The van der Waals surface area contributed by atoms with Crippen molar-refractivity contribution in [3.63, 3.8) is 0 Å². The van der Waals surface area contributed by atoms with Crippen molar-refractivity contribution in [2.45, 2.75) is 32.1 Å². The average molecular weight is 406 g/mol. The van der Waals surface area contributed by atoms with Gasteiger partial charge in [0.05, 0.1) is 22.5 Å². The molecule has 1 aromatic carbocycles. The summed E-state index contributed by atoms with van der Waals surface area (Å²) in [6.45, 7) is 7.06. The largest absolute Gasteiger partial charge is 0.465 e. The Morgan fingerprint density at radius 1 is 1.14 bits per heavy atom. The van der Waals surface area contributed by atoms with E-state index >= 15 is 0 Å². The van der Waals surface area contributed by atoms with Crippen molar-refractivity contribution in [3.8, 4) is 0 Å². The van der Waals surface area contributed by atoms with Crippen molar-refractivity contribution in [2.75, 3.05) is 30.3 Å². The highest BCUT2D eigenvalue weighted by atomic mass is 32.2. The summed E-state index contributed by atoms with van der Waals surface area (Å²) >= 11 is 0. The Bertz CT molecular complexity index is 902. The van der Waals surface area contributed by atoms with Crippen LogP contribution < -0.4 is 10.6 Å². The molecule has 8 heteroatoms. The summed E-state index contributed by atoms with van der Waals surface area (Å²) < 4.78 is 32.2. The normalized spacial score (nSPS) is 11.9. The second kappa shape index (κ2) is 10.1. The third-order valence-corrected chi connectivity index (χ3v) is 6.15. The number of hydrogen-bond donors (Lipinski definition) is 2. The lowest BCUT2D eigenvalue weighted by Crippen LogP contribution is -2.30. The minimum atomic E-state index is -3.62. The van der Waals surface area contributed by atoms with Crippen molar-refractivity contribution in [1.82, 2.24) is 4.31 Å². The molecule has 1 amide bonds. The second-order valence-electron chi connectivity index (χ2n) is 6.06. The van der Waals surface area contributed by atoms with Gasteiger partial charge in [0, 0.05) is 25.7 Å². The second-order valence-corrected chi connectivity index (χ2v) is 8.00. The maximum absolute atomic E-state index is 12.8. The molecule has 0 aliphatic rings. The zero-order chi connectivity index (χ0) is 20.6.